The average molecular weight is 996 g/mol. The molecule has 0 aromatic carbocycles. The number of aliphatic hydroxyl groups excluding tert-OH is 2. The Kier molecular flexibility index (Phi) is 31.8. The molecule has 2 rings (SSSR count). The zero-order valence-corrected chi connectivity index (χ0v) is 42.8. The normalized spacial score (nSPS) is 19.7. The SMILES string of the molecule is CC(C)CCCCCCCCCCCCCCCC(=O)OC[C@H](COP(=O)(O)OP(=O)(O)OC[C@H]1O[C@@H](n2ccc(N)nc2=O)C(O)[C@H]1O)OC(=O)CCCCCCCCCCCCC(C)C. The van der Waals surface area contributed by atoms with E-state index in [2.05, 4.69) is 37.0 Å². The van der Waals surface area contributed by atoms with E-state index in [9.17, 15) is 43.5 Å². The zero-order valence-electron chi connectivity index (χ0n) is 41.1. The number of unbranched alkanes of at least 4 members (excludes halogenated alkanes) is 21. The minimum atomic E-state index is -5.42. The molecule has 2 heterocycles. The van der Waals surface area contributed by atoms with Crippen LogP contribution >= 0.6 is 15.6 Å². The molecule has 1 fully saturated rings. The molecule has 0 amide bonds. The Labute approximate surface area is 400 Å². The number of nitrogen functional groups attached to an aromatic ring is 1. The number of hydrogen-bond donors (Lipinski definition) is 5. The average Bonchev–Trinajstić information content (AvgIpc) is 3.53. The lowest BCUT2D eigenvalue weighted by atomic mass is 10.0. The predicted molar refractivity (Wildman–Crippen MR) is 257 cm³/mol. The second kappa shape index (κ2) is 35.0. The summed E-state index contributed by atoms with van der Waals surface area (Å²) in [6, 6.07) is 1.25. The van der Waals surface area contributed by atoms with Gasteiger partial charge >= 0.3 is 33.3 Å². The third-order valence-electron chi connectivity index (χ3n) is 11.8. The van der Waals surface area contributed by atoms with Crippen LogP contribution in [-0.2, 0) is 46.3 Å². The highest BCUT2D eigenvalue weighted by atomic mass is 31.3. The van der Waals surface area contributed by atoms with E-state index in [1.807, 2.05) is 0 Å². The highest BCUT2D eigenvalue weighted by Crippen LogP contribution is 2.60. The van der Waals surface area contributed by atoms with Gasteiger partial charge in [-0.1, -0.05) is 175 Å². The number of anilines is 1. The van der Waals surface area contributed by atoms with Crippen molar-refractivity contribution in [3.05, 3.63) is 22.7 Å². The standard InChI is InChI=1S/C47H87N3O15P2/c1-37(2)28-24-20-16-12-8-6-5-7-9-14-18-22-26-30-42(51)60-34-39(63-43(52)31-27-23-19-15-11-10-13-17-21-25-29-38(3)4)35-61-66(56,57)65-67(58,59)62-36-40-44(53)45(54)46(64-40)50-33-32-41(48)49-47(50)55/h32-33,37-40,44-46,53-54H,5-31,34-36H2,1-4H3,(H,56,57)(H,58,59)(H2,48,49,55)/t39-,40-,44+,45?,46-/m1/s1. The number of carbonyl (C=O) groups excluding carboxylic acids is 2. The second-order valence-corrected chi connectivity index (χ2v) is 22.0. The molecule has 6 N–H and O–H groups in total. The highest BCUT2D eigenvalue weighted by molar-refractivity contribution is 7.61. The van der Waals surface area contributed by atoms with Crippen molar-refractivity contribution < 1.29 is 66.3 Å². The number of rotatable bonds is 41. The van der Waals surface area contributed by atoms with E-state index in [0.29, 0.717) is 12.8 Å². The lowest BCUT2D eigenvalue weighted by Crippen LogP contribution is -2.36. The molecule has 18 nitrogen and oxygen atoms in total. The summed E-state index contributed by atoms with van der Waals surface area (Å²) < 4.78 is 56.8. The van der Waals surface area contributed by atoms with E-state index in [4.69, 9.17) is 29.0 Å². The second-order valence-electron chi connectivity index (χ2n) is 19.0. The maximum atomic E-state index is 12.8. The Hall–Kier alpha value is -2.24. The fourth-order valence-corrected chi connectivity index (χ4v) is 9.97. The summed E-state index contributed by atoms with van der Waals surface area (Å²) in [5.74, 6) is 0.257. The topological polar surface area (TPSA) is 265 Å². The molecule has 1 saturated heterocycles. The zero-order chi connectivity index (χ0) is 49.5. The first-order chi connectivity index (χ1) is 31.9. The third-order valence-corrected chi connectivity index (χ3v) is 14.4. The van der Waals surface area contributed by atoms with Crippen molar-refractivity contribution in [3.8, 4) is 0 Å². The number of carbonyl (C=O) groups is 2. The fraction of sp³-hybridized carbons (Fsp3) is 0.872. The Morgan fingerprint density at radius 1 is 0.672 bits per heavy atom. The van der Waals surface area contributed by atoms with Gasteiger partial charge in [0.05, 0.1) is 13.2 Å². The molecule has 1 aliphatic rings. The summed E-state index contributed by atoms with van der Waals surface area (Å²) in [6.07, 6.45) is 22.0. The van der Waals surface area contributed by atoms with E-state index in [1.54, 1.807) is 0 Å². The number of phosphoric ester groups is 2. The van der Waals surface area contributed by atoms with E-state index in [-0.39, 0.29) is 18.7 Å². The smallest absolute Gasteiger partial charge is 0.462 e. The van der Waals surface area contributed by atoms with Gasteiger partial charge in [-0.15, -0.1) is 0 Å². The Bertz CT molecular complexity index is 1650. The van der Waals surface area contributed by atoms with Gasteiger partial charge in [-0.3, -0.25) is 23.2 Å². The summed E-state index contributed by atoms with van der Waals surface area (Å²) in [6.45, 7) is 6.77. The number of hydrogen-bond acceptors (Lipinski definition) is 15. The van der Waals surface area contributed by atoms with E-state index in [0.717, 1.165) is 67.8 Å². The lowest BCUT2D eigenvalue weighted by molar-refractivity contribution is -0.161. The van der Waals surface area contributed by atoms with Gasteiger partial charge in [0.1, 0.15) is 30.7 Å². The molecule has 67 heavy (non-hydrogen) atoms. The van der Waals surface area contributed by atoms with Crippen LogP contribution in [0.3, 0.4) is 0 Å². The summed E-state index contributed by atoms with van der Waals surface area (Å²) in [5.41, 5.74) is 4.59. The van der Waals surface area contributed by atoms with Gasteiger partial charge in [0, 0.05) is 19.0 Å². The third kappa shape index (κ3) is 29.5. The van der Waals surface area contributed by atoms with Gasteiger partial charge in [0.15, 0.2) is 12.3 Å². The van der Waals surface area contributed by atoms with Crippen LogP contribution in [0.1, 0.15) is 207 Å². The van der Waals surface area contributed by atoms with Gasteiger partial charge in [-0.25, -0.2) is 13.9 Å². The van der Waals surface area contributed by atoms with Crippen LogP contribution in [0.5, 0.6) is 0 Å². The maximum absolute atomic E-state index is 12.8. The van der Waals surface area contributed by atoms with Gasteiger partial charge in [0.25, 0.3) is 0 Å². The van der Waals surface area contributed by atoms with Crippen LogP contribution in [0.4, 0.5) is 5.82 Å². The monoisotopic (exact) mass is 996 g/mol. The Morgan fingerprint density at radius 3 is 1.57 bits per heavy atom. The van der Waals surface area contributed by atoms with Crippen LogP contribution in [0, 0.1) is 11.8 Å². The minimum absolute atomic E-state index is 0.0555. The van der Waals surface area contributed by atoms with Gasteiger partial charge in [-0.05, 0) is 30.7 Å². The van der Waals surface area contributed by atoms with Crippen molar-refractivity contribution in [1.29, 1.82) is 0 Å². The molecule has 390 valence electrons. The van der Waals surface area contributed by atoms with Crippen LogP contribution < -0.4 is 11.4 Å². The predicted octanol–water partition coefficient (Wildman–Crippen LogP) is 10.00. The minimum Gasteiger partial charge on any atom is -0.462 e. The van der Waals surface area contributed by atoms with Crippen LogP contribution in [-0.4, -0.2) is 85.7 Å². The number of aromatic nitrogens is 2. The summed E-state index contributed by atoms with van der Waals surface area (Å²) in [7, 11) is -10.8. The van der Waals surface area contributed by atoms with Gasteiger partial charge in [-0.2, -0.15) is 9.29 Å². The molecule has 7 atom stereocenters. The van der Waals surface area contributed by atoms with Crippen LogP contribution in [0.15, 0.2) is 17.1 Å². The number of esters is 2. The van der Waals surface area contributed by atoms with Gasteiger partial charge in [0.2, 0.25) is 0 Å². The number of ether oxygens (including phenoxy) is 3. The van der Waals surface area contributed by atoms with Crippen molar-refractivity contribution in [3.63, 3.8) is 0 Å². The molecule has 1 aromatic heterocycles. The van der Waals surface area contributed by atoms with Crippen LogP contribution in [0.2, 0.25) is 0 Å². The maximum Gasteiger partial charge on any atom is 0.481 e. The molecule has 0 radical (unpaired) electrons. The van der Waals surface area contributed by atoms with Crippen LogP contribution in [0.25, 0.3) is 0 Å². The summed E-state index contributed by atoms with van der Waals surface area (Å²) >= 11 is 0. The molecule has 0 bridgehead atoms. The quantitative estimate of drug-likeness (QED) is 0.0232. The van der Waals surface area contributed by atoms with E-state index < -0.39 is 83.7 Å². The first kappa shape index (κ1) is 60.9. The summed E-state index contributed by atoms with van der Waals surface area (Å²) in [4.78, 5) is 61.9. The largest absolute Gasteiger partial charge is 0.481 e. The first-order valence-electron chi connectivity index (χ1n) is 25.3. The number of aliphatic hydroxyl groups is 2. The van der Waals surface area contributed by atoms with Crippen molar-refractivity contribution in [2.24, 2.45) is 11.8 Å². The Balaban J connectivity index is 1.79. The molecule has 3 unspecified atom stereocenters. The van der Waals surface area contributed by atoms with E-state index in [1.165, 1.54) is 109 Å². The van der Waals surface area contributed by atoms with Crippen molar-refractivity contribution in [1.82, 2.24) is 9.55 Å². The molecule has 1 aliphatic heterocycles. The molecular formula is C47H87N3O15P2. The van der Waals surface area contributed by atoms with Gasteiger partial charge < -0.3 is 39.9 Å². The van der Waals surface area contributed by atoms with Crippen molar-refractivity contribution in [2.45, 2.75) is 232 Å². The number of nitrogens with two attached hydrogens (primary N) is 1. The molecular weight excluding hydrogens is 908 g/mol. The summed E-state index contributed by atoms with van der Waals surface area (Å²) in [5, 5.41) is 20.9. The molecule has 0 aliphatic carbocycles. The molecule has 0 saturated carbocycles. The van der Waals surface area contributed by atoms with Crippen molar-refractivity contribution in [2.75, 3.05) is 25.6 Å². The molecule has 1 aromatic rings. The lowest BCUT2D eigenvalue weighted by Gasteiger charge is -2.21. The van der Waals surface area contributed by atoms with E-state index >= 15 is 0 Å². The number of phosphoric acid groups is 2. The molecule has 0 spiro atoms. The Morgan fingerprint density at radius 2 is 1.10 bits per heavy atom. The molecule has 20 heteroatoms. The fourth-order valence-electron chi connectivity index (χ4n) is 7.86. The highest BCUT2D eigenvalue weighted by Gasteiger charge is 2.46. The first-order valence-corrected chi connectivity index (χ1v) is 28.3. The van der Waals surface area contributed by atoms with Crippen molar-refractivity contribution >= 4 is 33.4 Å². The number of nitrogens with zero attached hydrogens (tertiary/aromatic N) is 2.